The maximum atomic E-state index is 12.6. The van der Waals surface area contributed by atoms with Crippen LogP contribution < -0.4 is 19.8 Å². The molecular weight excluding hydrogens is 394 g/mol. The summed E-state index contributed by atoms with van der Waals surface area (Å²) in [6, 6.07) is 9.37. The Morgan fingerprint density at radius 2 is 1.68 bits per heavy atom. The molecule has 3 aromatic rings. The number of methoxy groups -OCH3 is 3. The van der Waals surface area contributed by atoms with Crippen LogP contribution in [-0.4, -0.2) is 42.2 Å². The predicted octanol–water partition coefficient (Wildman–Crippen LogP) is 3.69. The van der Waals surface area contributed by atoms with Gasteiger partial charge in [0, 0.05) is 31.9 Å². The highest BCUT2D eigenvalue weighted by Crippen LogP contribution is 2.38. The quantitative estimate of drug-likeness (QED) is 0.521. The fraction of sp³-hybridized carbons (Fsp3) is 0.417. The first-order chi connectivity index (χ1) is 14.8. The van der Waals surface area contributed by atoms with Crippen molar-refractivity contribution in [1.82, 2.24) is 14.3 Å². The van der Waals surface area contributed by atoms with Crippen LogP contribution in [0.25, 0.3) is 5.65 Å². The van der Waals surface area contributed by atoms with Gasteiger partial charge in [0.05, 0.1) is 27.0 Å². The molecule has 0 saturated carbocycles. The van der Waals surface area contributed by atoms with Gasteiger partial charge in [-0.25, -0.2) is 4.98 Å². The highest BCUT2D eigenvalue weighted by Gasteiger charge is 2.17. The van der Waals surface area contributed by atoms with Crippen molar-refractivity contribution in [2.75, 3.05) is 27.9 Å². The zero-order valence-corrected chi connectivity index (χ0v) is 19.1. The average Bonchev–Trinajstić information content (AvgIpc) is 2.72. The molecule has 2 heterocycles. The number of hydrogen-bond acceptors (Lipinski definition) is 6. The largest absolute Gasteiger partial charge is 0.493 e. The lowest BCUT2D eigenvalue weighted by Gasteiger charge is -2.25. The van der Waals surface area contributed by atoms with Crippen molar-refractivity contribution in [3.05, 3.63) is 63.7 Å². The Labute approximate surface area is 183 Å². The molecule has 0 bridgehead atoms. The normalized spacial score (nSPS) is 11.4. The lowest BCUT2D eigenvalue weighted by molar-refractivity contribution is 0.224. The summed E-state index contributed by atoms with van der Waals surface area (Å²) in [7, 11) is 4.82. The fourth-order valence-electron chi connectivity index (χ4n) is 3.75. The summed E-state index contributed by atoms with van der Waals surface area (Å²) >= 11 is 0. The molecule has 31 heavy (non-hydrogen) atoms. The van der Waals surface area contributed by atoms with Crippen LogP contribution >= 0.6 is 0 Å². The summed E-state index contributed by atoms with van der Waals surface area (Å²) in [5, 5.41) is 0. The molecule has 0 amide bonds. The number of hydrogen-bond donors (Lipinski definition) is 0. The number of ether oxygens (including phenoxy) is 3. The maximum absolute atomic E-state index is 12.6. The van der Waals surface area contributed by atoms with E-state index in [2.05, 4.69) is 18.7 Å². The van der Waals surface area contributed by atoms with Gasteiger partial charge in [-0.2, -0.15) is 0 Å². The van der Waals surface area contributed by atoms with Crippen molar-refractivity contribution in [1.29, 1.82) is 0 Å². The van der Waals surface area contributed by atoms with Gasteiger partial charge in [0.25, 0.3) is 5.56 Å². The minimum atomic E-state index is -0.0720. The molecular formula is C24H31N3O4. The maximum Gasteiger partial charge on any atom is 0.258 e. The van der Waals surface area contributed by atoms with E-state index in [4.69, 9.17) is 19.2 Å². The van der Waals surface area contributed by atoms with Gasteiger partial charge in [-0.1, -0.05) is 13.8 Å². The number of aromatic nitrogens is 2. The van der Waals surface area contributed by atoms with Gasteiger partial charge in [0.2, 0.25) is 5.75 Å². The third kappa shape index (κ3) is 5.35. The highest BCUT2D eigenvalue weighted by atomic mass is 16.5. The van der Waals surface area contributed by atoms with Gasteiger partial charge in [-0.3, -0.25) is 14.1 Å². The second-order valence-corrected chi connectivity index (χ2v) is 8.12. The Kier molecular flexibility index (Phi) is 7.17. The molecule has 0 fully saturated rings. The molecule has 3 rings (SSSR count). The smallest absolute Gasteiger partial charge is 0.258 e. The summed E-state index contributed by atoms with van der Waals surface area (Å²) in [5.41, 5.74) is 3.45. The second kappa shape index (κ2) is 9.83. The lowest BCUT2D eigenvalue weighted by Crippen LogP contribution is -2.28. The molecule has 1 aromatic carbocycles. The molecule has 0 spiro atoms. The summed E-state index contributed by atoms with van der Waals surface area (Å²) in [6.45, 7) is 8.42. The van der Waals surface area contributed by atoms with Gasteiger partial charge in [-0.15, -0.1) is 0 Å². The third-order valence-electron chi connectivity index (χ3n) is 5.02. The topological polar surface area (TPSA) is 65.3 Å². The SMILES string of the molecule is COc1cc(CN(Cc2cc(=O)n3ccc(C)cc3n2)CC(C)C)cc(OC)c1OC. The molecule has 0 aliphatic heterocycles. The van der Waals surface area contributed by atoms with Crippen molar-refractivity contribution in [2.24, 2.45) is 5.92 Å². The lowest BCUT2D eigenvalue weighted by atomic mass is 10.1. The van der Waals surface area contributed by atoms with E-state index in [0.717, 1.165) is 23.4 Å². The fourth-order valence-corrected chi connectivity index (χ4v) is 3.75. The molecule has 0 aliphatic rings. The van der Waals surface area contributed by atoms with E-state index in [1.807, 2.05) is 31.2 Å². The van der Waals surface area contributed by atoms with Crippen LogP contribution in [0.5, 0.6) is 17.2 Å². The van der Waals surface area contributed by atoms with Crippen LogP contribution in [0.15, 0.2) is 41.3 Å². The molecule has 7 heteroatoms. The van der Waals surface area contributed by atoms with E-state index in [-0.39, 0.29) is 5.56 Å². The van der Waals surface area contributed by atoms with Gasteiger partial charge in [-0.05, 0) is 48.2 Å². The van der Waals surface area contributed by atoms with Gasteiger partial charge in [0.1, 0.15) is 5.65 Å². The van der Waals surface area contributed by atoms with Crippen LogP contribution in [-0.2, 0) is 13.1 Å². The van der Waals surface area contributed by atoms with E-state index in [1.165, 1.54) is 0 Å². The summed E-state index contributed by atoms with van der Waals surface area (Å²) in [5.74, 6) is 2.27. The Hall–Kier alpha value is -3.06. The number of pyridine rings is 1. The standard InChI is InChI=1S/C24H31N3O4/c1-16(2)13-26(14-18-10-20(29-4)24(31-6)21(11-18)30-5)15-19-12-23(28)27-8-7-17(3)9-22(27)25-19/h7-12,16H,13-15H2,1-6H3. The number of nitrogens with zero attached hydrogens (tertiary/aromatic N) is 3. The van der Waals surface area contributed by atoms with Crippen molar-refractivity contribution >= 4 is 5.65 Å². The number of aryl methyl sites for hydroxylation is 1. The zero-order valence-electron chi connectivity index (χ0n) is 19.1. The first-order valence-electron chi connectivity index (χ1n) is 10.3. The molecule has 0 radical (unpaired) electrons. The third-order valence-corrected chi connectivity index (χ3v) is 5.02. The number of rotatable bonds is 9. The molecule has 2 aromatic heterocycles. The van der Waals surface area contributed by atoms with Crippen molar-refractivity contribution < 1.29 is 14.2 Å². The summed E-state index contributed by atoms with van der Waals surface area (Å²) in [4.78, 5) is 19.6. The van der Waals surface area contributed by atoms with E-state index < -0.39 is 0 Å². The van der Waals surface area contributed by atoms with Crippen LogP contribution in [0, 0.1) is 12.8 Å². The number of benzene rings is 1. The van der Waals surface area contributed by atoms with Gasteiger partial charge in [0.15, 0.2) is 11.5 Å². The van der Waals surface area contributed by atoms with Gasteiger partial charge >= 0.3 is 0 Å². The first kappa shape index (κ1) is 22.6. The summed E-state index contributed by atoms with van der Waals surface area (Å²) in [6.07, 6.45) is 1.77. The van der Waals surface area contributed by atoms with Crippen molar-refractivity contribution in [3.63, 3.8) is 0 Å². The Bertz CT molecular complexity index is 1080. The van der Waals surface area contributed by atoms with Crippen molar-refractivity contribution in [3.8, 4) is 17.2 Å². The van der Waals surface area contributed by atoms with Crippen LogP contribution in [0.4, 0.5) is 0 Å². The predicted molar refractivity (Wildman–Crippen MR) is 121 cm³/mol. The molecule has 0 unspecified atom stereocenters. The average molecular weight is 426 g/mol. The Morgan fingerprint density at radius 1 is 1.00 bits per heavy atom. The van der Waals surface area contributed by atoms with Crippen molar-refractivity contribution in [2.45, 2.75) is 33.9 Å². The molecule has 7 nitrogen and oxygen atoms in total. The molecule has 0 aliphatic carbocycles. The molecule has 0 saturated heterocycles. The van der Waals surface area contributed by atoms with Crippen LogP contribution in [0.2, 0.25) is 0 Å². The second-order valence-electron chi connectivity index (χ2n) is 8.12. The van der Waals surface area contributed by atoms with E-state index >= 15 is 0 Å². The monoisotopic (exact) mass is 425 g/mol. The zero-order chi connectivity index (χ0) is 22.5. The van der Waals surface area contributed by atoms with Crippen LogP contribution in [0.3, 0.4) is 0 Å². The Morgan fingerprint density at radius 3 is 2.26 bits per heavy atom. The van der Waals surface area contributed by atoms with E-state index in [1.54, 1.807) is 38.0 Å². The minimum Gasteiger partial charge on any atom is -0.493 e. The number of fused-ring (bicyclic) bond motifs is 1. The first-order valence-corrected chi connectivity index (χ1v) is 10.3. The Balaban J connectivity index is 1.93. The highest BCUT2D eigenvalue weighted by molar-refractivity contribution is 5.53. The molecule has 0 N–H and O–H groups in total. The van der Waals surface area contributed by atoms with Crippen LogP contribution in [0.1, 0.15) is 30.7 Å². The summed E-state index contributed by atoms with van der Waals surface area (Å²) < 4.78 is 18.0. The van der Waals surface area contributed by atoms with Gasteiger partial charge < -0.3 is 14.2 Å². The van der Waals surface area contributed by atoms with E-state index in [0.29, 0.717) is 41.9 Å². The molecule has 0 atom stereocenters. The molecule has 166 valence electrons. The van der Waals surface area contributed by atoms with E-state index in [9.17, 15) is 4.79 Å². The minimum absolute atomic E-state index is 0.0720.